The van der Waals surface area contributed by atoms with E-state index < -0.39 is 32.4 Å². The van der Waals surface area contributed by atoms with Gasteiger partial charge in [-0.15, -0.1) is 0 Å². The summed E-state index contributed by atoms with van der Waals surface area (Å²) in [5.41, 5.74) is 1.02. The molecule has 11 heteroatoms. The molecule has 0 amide bonds. The summed E-state index contributed by atoms with van der Waals surface area (Å²) < 4.78 is 88.4. The van der Waals surface area contributed by atoms with Crippen molar-refractivity contribution < 1.29 is 40.0 Å². The highest BCUT2D eigenvalue weighted by atomic mass is 32.2. The Kier molecular flexibility index (Phi) is 10.4. The fraction of sp³-hybridized carbons (Fsp3) is 0.250. The molecule has 1 N–H and O–H groups in total. The van der Waals surface area contributed by atoms with Crippen LogP contribution in [0.2, 0.25) is 0 Å². The van der Waals surface area contributed by atoms with Crippen LogP contribution in [0.1, 0.15) is 66.5 Å². The number of hydrogen-bond donors (Lipinski definition) is 1. The highest BCUT2D eigenvalue weighted by Crippen LogP contribution is 2.59. The summed E-state index contributed by atoms with van der Waals surface area (Å²) in [6, 6.07) is 36.9. The Morgan fingerprint density at radius 2 is 1.42 bits per heavy atom. The molecule has 1 atom stereocenters. The number of unbranched alkanes of at least 4 members (excludes halogenated alkanes) is 2. The fourth-order valence-corrected chi connectivity index (χ4v) is 8.96. The van der Waals surface area contributed by atoms with Crippen molar-refractivity contribution in [3.63, 3.8) is 0 Å². The molecule has 0 fully saturated rings. The lowest BCUT2D eigenvalue weighted by molar-refractivity contribution is -0.0500. The largest absolute Gasteiger partial charge is 0.534 e. The van der Waals surface area contributed by atoms with Crippen LogP contribution < -0.4 is 23.7 Å². The highest BCUT2D eigenvalue weighted by Gasteiger charge is 2.49. The first-order valence-corrected chi connectivity index (χ1v) is 20.9. The van der Waals surface area contributed by atoms with Gasteiger partial charge < -0.3 is 23.7 Å². The molecule has 0 bridgehead atoms. The molecule has 304 valence electrons. The number of nitrogens with one attached hydrogen (secondary N) is 1. The van der Waals surface area contributed by atoms with Crippen LogP contribution in [0.5, 0.6) is 23.0 Å². The second-order valence-corrected chi connectivity index (χ2v) is 16.9. The van der Waals surface area contributed by atoms with Gasteiger partial charge in [0.25, 0.3) is 0 Å². The third-order valence-electron chi connectivity index (χ3n) is 11.5. The topological polar surface area (TPSA) is 83.1 Å². The Hall–Kier alpha value is -5.94. The van der Waals surface area contributed by atoms with Gasteiger partial charge in [0.2, 0.25) is 0 Å². The average Bonchev–Trinajstić information content (AvgIpc) is 3.48. The molecule has 1 aliphatic heterocycles. The van der Waals surface area contributed by atoms with E-state index in [1.807, 2.05) is 91.0 Å². The fourth-order valence-electron chi connectivity index (χ4n) is 8.50. The first-order chi connectivity index (χ1) is 28.3. The van der Waals surface area contributed by atoms with Crippen LogP contribution in [0.4, 0.5) is 18.9 Å². The average molecular weight is 820 g/mol. The number of benzene rings is 6. The number of anilines is 1. The van der Waals surface area contributed by atoms with E-state index in [1.54, 1.807) is 7.11 Å². The third kappa shape index (κ3) is 7.15. The van der Waals surface area contributed by atoms with Gasteiger partial charge in [-0.2, -0.15) is 21.6 Å². The highest BCUT2D eigenvalue weighted by molar-refractivity contribution is 7.88. The first-order valence-electron chi connectivity index (χ1n) is 19.5. The summed E-state index contributed by atoms with van der Waals surface area (Å²) in [7, 11) is -3.10. The number of rotatable bonds is 13. The number of ether oxygens (including phenoxy) is 3. The Bertz CT molecular complexity index is 2660. The molecule has 0 radical (unpaired) electrons. The minimum atomic E-state index is -6.02. The maximum absolute atomic E-state index is 13.6. The molecule has 6 aromatic carbocycles. The van der Waals surface area contributed by atoms with Gasteiger partial charge in [-0.1, -0.05) is 105 Å². The normalized spacial score (nSPS) is 16.5. The van der Waals surface area contributed by atoms with Gasteiger partial charge in [-0.3, -0.25) is 0 Å². The predicted molar refractivity (Wildman–Crippen MR) is 226 cm³/mol. The quantitative estimate of drug-likeness (QED) is 0.0706. The van der Waals surface area contributed by atoms with E-state index in [2.05, 4.69) is 43.4 Å². The van der Waals surface area contributed by atoms with Crippen LogP contribution in [-0.2, 0) is 27.6 Å². The SMILES string of the molecule is COc1ccc(CCCCCNc2ccc(C3(c4ccccc4)C=Cc4c5c(c6cc(OS(=O)(=O)C(F)(F)F)c(OC)cc6c4O3)-c3ccccc3C5(C)C)cc2)cc1. The summed E-state index contributed by atoms with van der Waals surface area (Å²) in [5.74, 6) is 0.560. The molecule has 7 nitrogen and oxygen atoms in total. The molecule has 0 saturated carbocycles. The Morgan fingerprint density at radius 3 is 2.12 bits per heavy atom. The van der Waals surface area contributed by atoms with Crippen molar-refractivity contribution in [2.45, 2.75) is 56.1 Å². The van der Waals surface area contributed by atoms with Crippen molar-refractivity contribution >= 4 is 32.7 Å². The molecule has 1 unspecified atom stereocenters. The Labute approximate surface area is 342 Å². The molecular weight excluding hydrogens is 776 g/mol. The summed E-state index contributed by atoms with van der Waals surface area (Å²) in [6.45, 7) is 5.01. The predicted octanol–water partition coefficient (Wildman–Crippen LogP) is 11.6. The molecule has 0 aromatic heterocycles. The maximum atomic E-state index is 13.6. The van der Waals surface area contributed by atoms with E-state index in [4.69, 9.17) is 18.4 Å². The number of alkyl halides is 3. The first kappa shape index (κ1) is 39.9. The lowest BCUT2D eigenvalue weighted by Gasteiger charge is -2.38. The Balaban J connectivity index is 1.17. The molecule has 8 rings (SSSR count). The minimum Gasteiger partial charge on any atom is -0.497 e. The standard InChI is InChI=1S/C48H44F3NO6S/c1-46(2)40-17-11-10-16-36(40)43-38-29-42(58-59(53,54)48(49,50)51)41(56-4)30-39(38)45-37(44(43)46)26-27-47(57-45,32-14-8-5-9-15-32)33-20-22-34(23-21-33)52-28-12-6-7-13-31-18-24-35(55-3)25-19-31/h5,8-11,14-27,29-30,52H,6-7,12-13,28H2,1-4H3. The number of methoxy groups -OCH3 is 2. The van der Waals surface area contributed by atoms with Crippen LogP contribution in [0, 0.1) is 0 Å². The van der Waals surface area contributed by atoms with Crippen molar-refractivity contribution in [3.8, 4) is 34.1 Å². The van der Waals surface area contributed by atoms with Gasteiger partial charge in [0.15, 0.2) is 17.1 Å². The smallest absolute Gasteiger partial charge is 0.497 e. The molecular formula is C48H44F3NO6S. The van der Waals surface area contributed by atoms with E-state index in [-0.39, 0.29) is 5.75 Å². The molecule has 2 aliphatic rings. The summed E-state index contributed by atoms with van der Waals surface area (Å²) >= 11 is 0. The van der Waals surface area contributed by atoms with Crippen LogP contribution in [-0.4, -0.2) is 34.7 Å². The van der Waals surface area contributed by atoms with Crippen LogP contribution in [0.3, 0.4) is 0 Å². The molecule has 59 heavy (non-hydrogen) atoms. The second kappa shape index (κ2) is 15.3. The second-order valence-electron chi connectivity index (χ2n) is 15.4. The third-order valence-corrected chi connectivity index (χ3v) is 12.4. The zero-order valence-electron chi connectivity index (χ0n) is 33.2. The van der Waals surface area contributed by atoms with E-state index in [0.29, 0.717) is 16.5 Å². The van der Waals surface area contributed by atoms with E-state index >= 15 is 0 Å². The zero-order valence-corrected chi connectivity index (χ0v) is 34.0. The van der Waals surface area contributed by atoms with Gasteiger partial charge in [0.1, 0.15) is 11.5 Å². The molecule has 1 aliphatic carbocycles. The molecule has 1 heterocycles. The van der Waals surface area contributed by atoms with Crippen molar-refractivity contribution in [3.05, 3.63) is 155 Å². The lowest BCUT2D eigenvalue weighted by atomic mass is 9.76. The Morgan fingerprint density at radius 1 is 0.746 bits per heavy atom. The van der Waals surface area contributed by atoms with Crippen LogP contribution in [0.15, 0.2) is 121 Å². The van der Waals surface area contributed by atoms with Gasteiger partial charge in [-0.25, -0.2) is 0 Å². The van der Waals surface area contributed by atoms with Gasteiger partial charge in [0, 0.05) is 39.7 Å². The van der Waals surface area contributed by atoms with Crippen molar-refractivity contribution in [2.24, 2.45) is 0 Å². The number of halogens is 3. The summed E-state index contributed by atoms with van der Waals surface area (Å²) in [5, 5.41) is 4.54. The molecule has 0 spiro atoms. The summed E-state index contributed by atoms with van der Waals surface area (Å²) in [6.07, 6.45) is 8.34. The van der Waals surface area contributed by atoms with Crippen molar-refractivity contribution in [1.82, 2.24) is 0 Å². The maximum Gasteiger partial charge on any atom is 0.534 e. The monoisotopic (exact) mass is 819 g/mol. The lowest BCUT2D eigenvalue weighted by Crippen LogP contribution is -2.35. The van der Waals surface area contributed by atoms with E-state index in [1.165, 1.54) is 24.8 Å². The molecule has 6 aromatic rings. The molecule has 0 saturated heterocycles. The van der Waals surface area contributed by atoms with E-state index in [9.17, 15) is 21.6 Å². The van der Waals surface area contributed by atoms with Crippen LogP contribution >= 0.6 is 0 Å². The van der Waals surface area contributed by atoms with Gasteiger partial charge in [-0.05, 0) is 94.9 Å². The zero-order chi connectivity index (χ0) is 41.6. The number of hydrogen-bond acceptors (Lipinski definition) is 7. The number of fused-ring (bicyclic) bond motifs is 8. The van der Waals surface area contributed by atoms with Gasteiger partial charge in [0.05, 0.1) is 14.2 Å². The summed E-state index contributed by atoms with van der Waals surface area (Å²) in [4.78, 5) is 0. The van der Waals surface area contributed by atoms with Crippen molar-refractivity contribution in [1.29, 1.82) is 0 Å². The number of aryl methyl sites for hydroxylation is 1. The van der Waals surface area contributed by atoms with Crippen molar-refractivity contribution in [2.75, 3.05) is 26.1 Å². The van der Waals surface area contributed by atoms with Crippen LogP contribution in [0.25, 0.3) is 28.0 Å². The minimum absolute atomic E-state index is 0.197. The van der Waals surface area contributed by atoms with E-state index in [0.717, 1.165) is 82.6 Å². The van der Waals surface area contributed by atoms with Gasteiger partial charge >= 0.3 is 15.6 Å².